The van der Waals surface area contributed by atoms with Crippen molar-refractivity contribution in [2.24, 2.45) is 5.92 Å². The van der Waals surface area contributed by atoms with Crippen LogP contribution in [-0.2, 0) is 0 Å². The number of Topliss-reactive ketones (excluding diaryl/α,β-unsaturated/α-hetero) is 1. The number of pyridine rings is 1. The molecule has 6 nitrogen and oxygen atoms in total. The molecular formula is C29H24F7N3O3. The molecule has 1 atom stereocenters. The molecule has 0 saturated heterocycles. The summed E-state index contributed by atoms with van der Waals surface area (Å²) in [5.41, 5.74) is 0.168. The van der Waals surface area contributed by atoms with Crippen molar-refractivity contribution < 1.29 is 44.7 Å². The first-order valence-corrected chi connectivity index (χ1v) is 12.7. The molecule has 0 spiro atoms. The van der Waals surface area contributed by atoms with Crippen molar-refractivity contribution in [3.63, 3.8) is 0 Å². The number of hydrogen-bond donors (Lipinski definition) is 2. The highest BCUT2D eigenvalue weighted by atomic mass is 19.4. The van der Waals surface area contributed by atoms with E-state index in [1.165, 1.54) is 56.4 Å². The maximum absolute atomic E-state index is 13.5. The van der Waals surface area contributed by atoms with Gasteiger partial charge in [-0.25, -0.2) is 4.39 Å². The lowest BCUT2D eigenvalue weighted by Crippen LogP contribution is -2.25. The van der Waals surface area contributed by atoms with Gasteiger partial charge in [-0.2, -0.15) is 31.3 Å². The third kappa shape index (κ3) is 6.72. The zero-order valence-corrected chi connectivity index (χ0v) is 22.2. The molecule has 0 radical (unpaired) electrons. The number of hydrogen-bond acceptors (Lipinski definition) is 5. The first-order valence-electron chi connectivity index (χ1n) is 12.7. The number of aromatic nitrogens is 1. The van der Waals surface area contributed by atoms with Crippen molar-refractivity contribution in [2.45, 2.75) is 32.1 Å². The van der Waals surface area contributed by atoms with E-state index >= 15 is 0 Å². The molecule has 1 unspecified atom stereocenters. The number of nitrogens with zero attached hydrogens (tertiary/aromatic N) is 1. The van der Waals surface area contributed by atoms with E-state index in [0.29, 0.717) is 5.56 Å². The van der Waals surface area contributed by atoms with Gasteiger partial charge in [0.05, 0.1) is 16.9 Å². The van der Waals surface area contributed by atoms with Gasteiger partial charge in [-0.3, -0.25) is 9.59 Å². The zero-order valence-electron chi connectivity index (χ0n) is 22.2. The smallest absolute Gasteiger partial charge is 0.405 e. The number of carbonyl (C=O) groups excluding carboxylic acids is 2. The average molecular weight is 596 g/mol. The van der Waals surface area contributed by atoms with Gasteiger partial charge in [-0.1, -0.05) is 25.1 Å². The molecule has 42 heavy (non-hydrogen) atoms. The molecule has 0 aliphatic heterocycles. The Morgan fingerprint density at radius 3 is 2.26 bits per heavy atom. The van der Waals surface area contributed by atoms with Gasteiger partial charge in [0.25, 0.3) is 5.91 Å². The predicted molar refractivity (Wildman–Crippen MR) is 142 cm³/mol. The minimum atomic E-state index is -4.64. The minimum absolute atomic E-state index is 0.0162. The average Bonchev–Trinajstić information content (AvgIpc) is 3.31. The summed E-state index contributed by atoms with van der Waals surface area (Å²) in [6.45, 7) is -0.175. The number of rotatable bonds is 9. The Balaban J connectivity index is 1.89. The van der Waals surface area contributed by atoms with Crippen LogP contribution in [0.1, 0.15) is 40.5 Å². The number of halogens is 7. The fourth-order valence-corrected chi connectivity index (χ4v) is 4.41. The maximum Gasteiger partial charge on any atom is 0.405 e. The number of alkyl halides is 6. The number of anilines is 1. The summed E-state index contributed by atoms with van der Waals surface area (Å²) < 4.78 is 98.6. The minimum Gasteiger partial charge on any atom is -0.437 e. The Morgan fingerprint density at radius 2 is 1.67 bits per heavy atom. The van der Waals surface area contributed by atoms with Gasteiger partial charge in [0.2, 0.25) is 5.71 Å². The van der Waals surface area contributed by atoms with E-state index in [1.54, 1.807) is 0 Å². The van der Waals surface area contributed by atoms with Crippen molar-refractivity contribution in [2.75, 3.05) is 18.9 Å². The number of ketones is 1. The lowest BCUT2D eigenvalue weighted by molar-refractivity contribution is -0.174. The third-order valence-corrected chi connectivity index (χ3v) is 6.58. The van der Waals surface area contributed by atoms with E-state index in [0.717, 1.165) is 12.1 Å². The Hall–Kier alpha value is -4.42. The van der Waals surface area contributed by atoms with Crippen molar-refractivity contribution in [1.29, 1.82) is 0 Å². The van der Waals surface area contributed by atoms with Crippen LogP contribution >= 0.6 is 0 Å². The summed E-state index contributed by atoms with van der Waals surface area (Å²) in [4.78, 5) is 29.9. The van der Waals surface area contributed by atoms with Crippen molar-refractivity contribution in [3.8, 4) is 22.5 Å². The van der Waals surface area contributed by atoms with Gasteiger partial charge >= 0.3 is 12.4 Å². The van der Waals surface area contributed by atoms with Crippen LogP contribution in [0.3, 0.4) is 0 Å². The zero-order chi connectivity index (χ0) is 30.8. The number of amides is 1. The monoisotopic (exact) mass is 595 g/mol. The second kappa shape index (κ2) is 11.8. The normalized spacial score (nSPS) is 12.8. The summed E-state index contributed by atoms with van der Waals surface area (Å²) in [6.07, 6.45) is -10.3. The van der Waals surface area contributed by atoms with Gasteiger partial charge in [-0.15, -0.1) is 0 Å². The largest absolute Gasteiger partial charge is 0.437 e. The molecule has 1 amide bonds. The highest BCUT2D eigenvalue weighted by Gasteiger charge is 2.39. The number of carbonyl (C=O) groups is 2. The molecule has 0 aliphatic carbocycles. The molecule has 0 saturated carbocycles. The number of benzene rings is 2. The quantitative estimate of drug-likeness (QED) is 0.152. The molecule has 0 aliphatic rings. The molecule has 2 aromatic carbocycles. The molecule has 2 heterocycles. The number of nitrogens with one attached hydrogen (secondary N) is 2. The van der Waals surface area contributed by atoms with Crippen LogP contribution in [0.2, 0.25) is 0 Å². The third-order valence-electron chi connectivity index (χ3n) is 6.58. The van der Waals surface area contributed by atoms with Gasteiger partial charge in [0, 0.05) is 30.2 Å². The summed E-state index contributed by atoms with van der Waals surface area (Å²) in [5, 5.41) is 4.75. The van der Waals surface area contributed by atoms with Crippen LogP contribution in [0.25, 0.3) is 33.6 Å². The lowest BCUT2D eigenvalue weighted by Gasteiger charge is -2.18. The molecule has 4 aromatic rings. The van der Waals surface area contributed by atoms with E-state index in [9.17, 15) is 40.3 Å². The van der Waals surface area contributed by atoms with Gasteiger partial charge in [0.1, 0.15) is 23.9 Å². The summed E-state index contributed by atoms with van der Waals surface area (Å²) >= 11 is 0. The second-order valence-corrected chi connectivity index (χ2v) is 9.45. The summed E-state index contributed by atoms with van der Waals surface area (Å²) in [7, 11) is 1.35. The Kier molecular flexibility index (Phi) is 8.60. The number of furan rings is 1. The maximum atomic E-state index is 13.5. The van der Waals surface area contributed by atoms with Gasteiger partial charge < -0.3 is 15.1 Å². The van der Waals surface area contributed by atoms with Crippen molar-refractivity contribution >= 4 is 28.6 Å². The van der Waals surface area contributed by atoms with E-state index in [2.05, 4.69) is 15.6 Å². The van der Waals surface area contributed by atoms with Gasteiger partial charge in [0.15, 0.2) is 5.78 Å². The van der Waals surface area contributed by atoms with Crippen LogP contribution in [0.4, 0.5) is 36.6 Å². The first kappa shape index (κ1) is 30.5. The van der Waals surface area contributed by atoms with E-state index in [4.69, 9.17) is 4.42 Å². The predicted octanol–water partition coefficient (Wildman–Crippen LogP) is 7.80. The molecule has 222 valence electrons. The summed E-state index contributed by atoms with van der Waals surface area (Å²) in [5.74, 6) is -4.16. The standard InChI is InChI=1S/C29H24F7N3O3/c1-3-18(29(34,35)36)12-22(40)17-6-4-5-16(11-17)20-13-21-23(26(41)37-2)24(15-7-9-19(30)10-8-15)42-27(21)39-25(20)38-14-28(31,32)33/h4-11,13,18H,3,12,14H2,1-2H3,(H,37,41)(H,38,39). The fraction of sp³-hybridized carbons (Fsp3) is 0.276. The van der Waals surface area contributed by atoms with E-state index in [-0.39, 0.29) is 51.4 Å². The molecule has 4 rings (SSSR count). The molecule has 13 heteroatoms. The van der Waals surface area contributed by atoms with Crippen LogP contribution < -0.4 is 10.6 Å². The Bertz CT molecular complexity index is 1610. The molecule has 0 bridgehead atoms. The SMILES string of the molecule is CCC(CC(=O)c1cccc(-c2cc3c(C(=O)NC)c(-c4ccc(F)cc4)oc3nc2NCC(F)(F)F)c1)C(F)(F)F. The molecule has 2 aromatic heterocycles. The Labute approximate surface area is 234 Å². The van der Waals surface area contributed by atoms with E-state index < -0.39 is 48.7 Å². The van der Waals surface area contributed by atoms with Crippen LogP contribution in [0.15, 0.2) is 59.0 Å². The Morgan fingerprint density at radius 1 is 0.976 bits per heavy atom. The summed E-state index contributed by atoms with van der Waals surface area (Å²) in [6, 6.07) is 11.7. The fourth-order valence-electron chi connectivity index (χ4n) is 4.41. The van der Waals surface area contributed by atoms with Crippen molar-refractivity contribution in [3.05, 3.63) is 71.5 Å². The topological polar surface area (TPSA) is 84.2 Å². The van der Waals surface area contributed by atoms with Crippen LogP contribution in [-0.4, -0.2) is 42.6 Å². The molecular weight excluding hydrogens is 571 g/mol. The van der Waals surface area contributed by atoms with Crippen LogP contribution in [0, 0.1) is 11.7 Å². The lowest BCUT2D eigenvalue weighted by atomic mass is 9.93. The second-order valence-electron chi connectivity index (χ2n) is 9.45. The highest BCUT2D eigenvalue weighted by molar-refractivity contribution is 6.11. The van der Waals surface area contributed by atoms with E-state index in [1.807, 2.05) is 0 Å². The van der Waals surface area contributed by atoms with Crippen LogP contribution in [0.5, 0.6) is 0 Å². The van der Waals surface area contributed by atoms with Gasteiger partial charge in [-0.05, 0) is 48.4 Å². The van der Waals surface area contributed by atoms with Crippen molar-refractivity contribution in [1.82, 2.24) is 10.3 Å². The number of fused-ring (bicyclic) bond motifs is 1. The molecule has 0 fully saturated rings. The molecule has 2 N–H and O–H groups in total. The highest BCUT2D eigenvalue weighted by Crippen LogP contribution is 2.39. The first-order chi connectivity index (χ1) is 19.7.